The molecule has 0 unspecified atom stereocenters. The van der Waals surface area contributed by atoms with Crippen LogP contribution in [-0.4, -0.2) is 45.7 Å². The summed E-state index contributed by atoms with van der Waals surface area (Å²) in [6.07, 6.45) is 6.02. The van der Waals surface area contributed by atoms with Crippen molar-refractivity contribution < 1.29 is 23.8 Å². The number of hydrogen-bond donors (Lipinski definition) is 3. The van der Waals surface area contributed by atoms with E-state index in [0.717, 1.165) is 6.07 Å². The minimum atomic E-state index is -0.808. The minimum Gasteiger partial charge on any atom is -0.484 e. The molecule has 2 bridgehead atoms. The van der Waals surface area contributed by atoms with Crippen LogP contribution in [0.3, 0.4) is 0 Å². The summed E-state index contributed by atoms with van der Waals surface area (Å²) in [6, 6.07) is 7.70. The second-order valence-electron chi connectivity index (χ2n) is 9.77. The number of rotatable bonds is 7. The van der Waals surface area contributed by atoms with Gasteiger partial charge in [-0.2, -0.15) is 0 Å². The predicted octanol–water partition coefficient (Wildman–Crippen LogP) is 3.49. The molecule has 9 heteroatoms. The zero-order valence-electron chi connectivity index (χ0n) is 18.7. The topological polar surface area (TPSA) is 101 Å². The number of amides is 2. The van der Waals surface area contributed by atoms with Crippen LogP contribution >= 0.6 is 11.6 Å². The Labute approximate surface area is 202 Å². The first kappa shape index (κ1) is 23.1. The molecule has 4 aliphatic rings. The van der Waals surface area contributed by atoms with Crippen LogP contribution in [0.15, 0.2) is 36.5 Å². The highest BCUT2D eigenvalue weighted by Gasteiger charge is 2.55. The second-order valence-corrected chi connectivity index (χ2v) is 10.2. The molecule has 4 aliphatic carbocycles. The number of carbonyl (C=O) groups is 2. The number of benzene rings is 1. The summed E-state index contributed by atoms with van der Waals surface area (Å²) in [5, 5.41) is 16.9. The molecule has 0 saturated heterocycles. The first-order valence-electron chi connectivity index (χ1n) is 11.6. The number of hydrogen-bond acceptors (Lipinski definition) is 5. The van der Waals surface area contributed by atoms with Gasteiger partial charge in [-0.15, -0.1) is 0 Å². The lowest BCUT2D eigenvalue weighted by atomic mass is 9.60. The van der Waals surface area contributed by atoms with Crippen molar-refractivity contribution in [3.05, 3.63) is 58.6 Å². The highest BCUT2D eigenvalue weighted by Crippen LogP contribution is 2.47. The van der Waals surface area contributed by atoms with Gasteiger partial charge >= 0.3 is 0 Å². The number of nitrogens with zero attached hydrogens (tertiary/aromatic N) is 1. The Morgan fingerprint density at radius 2 is 1.91 bits per heavy atom. The molecule has 0 spiro atoms. The monoisotopic (exact) mass is 487 g/mol. The summed E-state index contributed by atoms with van der Waals surface area (Å²) in [5.41, 5.74) is 0.269. The average Bonchev–Trinajstić information content (AvgIpc) is 3.67. The summed E-state index contributed by atoms with van der Waals surface area (Å²) in [6.45, 7) is -0.306. The van der Waals surface area contributed by atoms with E-state index < -0.39 is 28.9 Å². The molecule has 7 nitrogen and oxygen atoms in total. The summed E-state index contributed by atoms with van der Waals surface area (Å²) in [4.78, 5) is 29.7. The number of aliphatic hydroxyl groups excluding tert-OH is 1. The molecule has 3 N–H and O–H groups in total. The number of pyridine rings is 1. The Balaban J connectivity index is 1.16. The molecular weight excluding hydrogens is 461 g/mol. The summed E-state index contributed by atoms with van der Waals surface area (Å²) in [7, 11) is 0. The SMILES string of the molecule is O=C(COc1ccc(Cl)c(F)c1)NC12CCC(NC(=O)c3ccc(C4CC4)cn3)(CC1)C[C@@H]2O. The largest absolute Gasteiger partial charge is 0.484 e. The fourth-order valence-electron chi connectivity index (χ4n) is 5.19. The smallest absolute Gasteiger partial charge is 0.270 e. The van der Waals surface area contributed by atoms with E-state index in [-0.39, 0.29) is 23.3 Å². The molecule has 0 radical (unpaired) electrons. The standard InChI is InChI=1S/C25H27ClFN3O4/c26-18-5-4-17(11-19(18)27)34-14-22(32)29-25-9-7-24(8-10-25,12-21(25)31)30-23(33)20-6-3-16(13-28-20)15-1-2-15/h3-6,11,13,15,21,31H,1-2,7-10,12,14H2,(H,29,32)(H,30,33)/t21-,24?,25?/m0/s1. The van der Waals surface area contributed by atoms with E-state index in [1.807, 2.05) is 6.07 Å². The van der Waals surface area contributed by atoms with E-state index in [1.54, 1.807) is 12.3 Å². The fourth-order valence-corrected chi connectivity index (χ4v) is 5.31. The van der Waals surface area contributed by atoms with E-state index in [2.05, 4.69) is 15.6 Å². The van der Waals surface area contributed by atoms with Crippen molar-refractivity contribution in [2.24, 2.45) is 0 Å². The van der Waals surface area contributed by atoms with E-state index in [0.29, 0.717) is 43.7 Å². The van der Waals surface area contributed by atoms with E-state index in [4.69, 9.17) is 16.3 Å². The molecule has 1 heterocycles. The third kappa shape index (κ3) is 4.61. The molecule has 6 rings (SSSR count). The molecular formula is C25H27ClFN3O4. The number of carbonyl (C=O) groups excluding carboxylic acids is 2. The van der Waals surface area contributed by atoms with Gasteiger partial charge in [-0.05, 0) is 74.6 Å². The first-order valence-corrected chi connectivity index (χ1v) is 12.0. The predicted molar refractivity (Wildman–Crippen MR) is 123 cm³/mol. The van der Waals surface area contributed by atoms with Gasteiger partial charge in [0.05, 0.1) is 16.7 Å². The molecule has 1 aromatic heterocycles. The number of aliphatic hydroxyl groups is 1. The van der Waals surface area contributed by atoms with Gasteiger partial charge in [0.1, 0.15) is 17.3 Å². The normalized spacial score (nSPS) is 27.8. The van der Waals surface area contributed by atoms with Crippen molar-refractivity contribution in [1.29, 1.82) is 0 Å². The maximum atomic E-state index is 13.6. The Morgan fingerprint density at radius 3 is 2.53 bits per heavy atom. The quantitative estimate of drug-likeness (QED) is 0.555. The lowest BCUT2D eigenvalue weighted by Crippen LogP contribution is -2.70. The molecule has 1 aromatic carbocycles. The van der Waals surface area contributed by atoms with Crippen molar-refractivity contribution in [2.75, 3.05) is 6.61 Å². The first-order chi connectivity index (χ1) is 16.3. The van der Waals surface area contributed by atoms with Gasteiger partial charge in [0.15, 0.2) is 6.61 Å². The van der Waals surface area contributed by atoms with Crippen LogP contribution in [0.5, 0.6) is 5.75 Å². The third-order valence-electron chi connectivity index (χ3n) is 7.42. The summed E-state index contributed by atoms with van der Waals surface area (Å²) in [5.74, 6) is -0.482. The number of nitrogens with one attached hydrogen (secondary N) is 2. The Hall–Kier alpha value is -2.71. The Morgan fingerprint density at radius 1 is 1.15 bits per heavy atom. The van der Waals surface area contributed by atoms with Crippen LogP contribution < -0.4 is 15.4 Å². The van der Waals surface area contributed by atoms with Gasteiger partial charge in [-0.3, -0.25) is 14.6 Å². The molecule has 1 atom stereocenters. The van der Waals surface area contributed by atoms with Gasteiger partial charge in [0.25, 0.3) is 11.8 Å². The Kier molecular flexibility index (Phi) is 5.98. The number of halogens is 2. The fraction of sp³-hybridized carbons (Fsp3) is 0.480. The van der Waals surface area contributed by atoms with E-state index in [1.165, 1.54) is 30.5 Å². The lowest BCUT2D eigenvalue weighted by molar-refractivity contribution is -0.132. The highest BCUT2D eigenvalue weighted by molar-refractivity contribution is 6.30. The summed E-state index contributed by atoms with van der Waals surface area (Å²) >= 11 is 5.66. The minimum absolute atomic E-state index is 0.0233. The molecule has 2 aromatic rings. The van der Waals surface area contributed by atoms with Crippen molar-refractivity contribution in [2.45, 2.75) is 68.0 Å². The van der Waals surface area contributed by atoms with E-state index >= 15 is 0 Å². The Bertz CT molecular complexity index is 1100. The zero-order valence-corrected chi connectivity index (χ0v) is 19.4. The van der Waals surface area contributed by atoms with Gasteiger partial charge in [-0.1, -0.05) is 17.7 Å². The third-order valence-corrected chi connectivity index (χ3v) is 7.72. The average molecular weight is 488 g/mol. The van der Waals surface area contributed by atoms with Crippen LogP contribution in [0.2, 0.25) is 5.02 Å². The van der Waals surface area contributed by atoms with Crippen molar-refractivity contribution in [3.8, 4) is 5.75 Å². The second kappa shape index (κ2) is 8.82. The van der Waals surface area contributed by atoms with Crippen molar-refractivity contribution in [3.63, 3.8) is 0 Å². The van der Waals surface area contributed by atoms with Gasteiger partial charge < -0.3 is 20.5 Å². The maximum Gasteiger partial charge on any atom is 0.270 e. The van der Waals surface area contributed by atoms with Crippen molar-refractivity contribution in [1.82, 2.24) is 15.6 Å². The van der Waals surface area contributed by atoms with Crippen LogP contribution in [0, 0.1) is 5.82 Å². The van der Waals surface area contributed by atoms with Crippen LogP contribution in [0.25, 0.3) is 0 Å². The van der Waals surface area contributed by atoms with Gasteiger partial charge in [0, 0.05) is 17.8 Å². The maximum absolute atomic E-state index is 13.6. The summed E-state index contributed by atoms with van der Waals surface area (Å²) < 4.78 is 18.9. The van der Waals surface area contributed by atoms with Gasteiger partial charge in [-0.25, -0.2) is 4.39 Å². The number of ether oxygens (including phenoxy) is 1. The molecule has 4 fully saturated rings. The molecule has 2 amide bonds. The lowest BCUT2D eigenvalue weighted by Gasteiger charge is -2.56. The number of aromatic nitrogens is 1. The van der Waals surface area contributed by atoms with Crippen LogP contribution in [-0.2, 0) is 4.79 Å². The number of fused-ring (bicyclic) bond motifs is 3. The molecule has 180 valence electrons. The van der Waals surface area contributed by atoms with E-state index in [9.17, 15) is 19.1 Å². The highest BCUT2D eigenvalue weighted by atomic mass is 35.5. The molecule has 4 saturated carbocycles. The van der Waals surface area contributed by atoms with Gasteiger partial charge in [0.2, 0.25) is 0 Å². The van der Waals surface area contributed by atoms with Crippen molar-refractivity contribution >= 4 is 23.4 Å². The zero-order chi connectivity index (χ0) is 23.9. The van der Waals surface area contributed by atoms with Crippen LogP contribution in [0.4, 0.5) is 4.39 Å². The molecule has 0 aliphatic heterocycles. The molecule has 34 heavy (non-hydrogen) atoms. The van der Waals surface area contributed by atoms with Crippen LogP contribution in [0.1, 0.15) is 66.9 Å².